The smallest absolute Gasteiger partial charge is 0.0476 e. The minimum absolute atomic E-state index is 0.101. The van der Waals surface area contributed by atoms with Crippen molar-refractivity contribution in [3.05, 3.63) is 198 Å². The van der Waals surface area contributed by atoms with Gasteiger partial charge in [0, 0.05) is 42.6 Å². The van der Waals surface area contributed by atoms with Crippen LogP contribution in [0.15, 0.2) is 176 Å². The first-order valence-corrected chi connectivity index (χ1v) is 22.7. The van der Waals surface area contributed by atoms with E-state index >= 15 is 0 Å². The standard InChI is InChI=1S/C59H51NS/c1-57(2)32-33-58(3,4)53-37-51-50(36-52(53)57)49-20-13-19-46(56(49)59(51,5)6)41-24-22-39(23-25-41)40-26-28-43(29-27-40)60(44-17-12-16-42(34-44)38-14-8-7-9-15-38)45-30-31-48-47-18-10-11-21-54(47)61-55(48)35-45/h7-31,34-37H,32-33H2,1-6H3. The van der Waals surface area contributed by atoms with Crippen LogP contribution in [0.1, 0.15) is 76.6 Å². The molecule has 0 bridgehead atoms. The molecule has 8 aromatic carbocycles. The molecule has 0 atom stereocenters. The molecule has 0 fully saturated rings. The van der Waals surface area contributed by atoms with Crippen LogP contribution in [0.4, 0.5) is 17.1 Å². The monoisotopic (exact) mass is 805 g/mol. The molecule has 1 nitrogen and oxygen atoms in total. The van der Waals surface area contributed by atoms with Gasteiger partial charge >= 0.3 is 0 Å². The number of benzene rings is 8. The summed E-state index contributed by atoms with van der Waals surface area (Å²) in [6.45, 7) is 14.6. The molecule has 0 N–H and O–H groups in total. The molecule has 298 valence electrons. The van der Waals surface area contributed by atoms with E-state index in [9.17, 15) is 0 Å². The van der Waals surface area contributed by atoms with Crippen LogP contribution in [-0.4, -0.2) is 0 Å². The second kappa shape index (κ2) is 13.9. The molecule has 1 heterocycles. The Morgan fingerprint density at radius 2 is 0.934 bits per heavy atom. The lowest BCUT2D eigenvalue weighted by Crippen LogP contribution is -2.34. The van der Waals surface area contributed by atoms with Gasteiger partial charge in [-0.2, -0.15) is 0 Å². The molecular weight excluding hydrogens is 755 g/mol. The highest BCUT2D eigenvalue weighted by atomic mass is 32.1. The summed E-state index contributed by atoms with van der Waals surface area (Å²) >= 11 is 1.86. The van der Waals surface area contributed by atoms with Crippen LogP contribution in [0.3, 0.4) is 0 Å². The van der Waals surface area contributed by atoms with E-state index in [-0.39, 0.29) is 16.2 Å². The number of fused-ring (bicyclic) bond motifs is 7. The van der Waals surface area contributed by atoms with E-state index in [0.717, 1.165) is 17.1 Å². The summed E-state index contributed by atoms with van der Waals surface area (Å²) in [4.78, 5) is 2.40. The number of rotatable bonds is 6. The van der Waals surface area contributed by atoms with Crippen molar-refractivity contribution in [1.29, 1.82) is 0 Å². The van der Waals surface area contributed by atoms with Gasteiger partial charge in [-0.1, -0.05) is 169 Å². The summed E-state index contributed by atoms with van der Waals surface area (Å²) in [5.74, 6) is 0. The Morgan fingerprint density at radius 1 is 0.377 bits per heavy atom. The van der Waals surface area contributed by atoms with Crippen molar-refractivity contribution < 1.29 is 0 Å². The summed E-state index contributed by atoms with van der Waals surface area (Å²) in [5.41, 5.74) is 19.9. The van der Waals surface area contributed by atoms with Gasteiger partial charge in [0.25, 0.3) is 0 Å². The van der Waals surface area contributed by atoms with Crippen LogP contribution in [-0.2, 0) is 16.2 Å². The zero-order valence-corrected chi connectivity index (χ0v) is 36.8. The lowest BCUT2D eigenvalue weighted by Gasteiger charge is -2.42. The van der Waals surface area contributed by atoms with Gasteiger partial charge in [0.2, 0.25) is 0 Å². The molecule has 2 aliphatic rings. The molecule has 9 aromatic rings. The van der Waals surface area contributed by atoms with Crippen molar-refractivity contribution in [3.8, 4) is 44.5 Å². The van der Waals surface area contributed by atoms with Crippen molar-refractivity contribution in [2.75, 3.05) is 4.90 Å². The van der Waals surface area contributed by atoms with Crippen molar-refractivity contribution >= 4 is 48.6 Å². The molecule has 61 heavy (non-hydrogen) atoms. The van der Waals surface area contributed by atoms with Gasteiger partial charge in [0.15, 0.2) is 0 Å². The third kappa shape index (κ3) is 6.18. The molecule has 2 aliphatic carbocycles. The van der Waals surface area contributed by atoms with Gasteiger partial charge < -0.3 is 4.90 Å². The molecule has 0 unspecified atom stereocenters. The zero-order chi connectivity index (χ0) is 41.7. The van der Waals surface area contributed by atoms with E-state index in [1.54, 1.807) is 5.56 Å². The van der Waals surface area contributed by atoms with Crippen LogP contribution < -0.4 is 4.90 Å². The van der Waals surface area contributed by atoms with Crippen LogP contribution in [0.25, 0.3) is 64.7 Å². The topological polar surface area (TPSA) is 3.24 Å². The minimum atomic E-state index is -0.101. The molecule has 0 amide bonds. The average molecular weight is 806 g/mol. The lowest BCUT2D eigenvalue weighted by atomic mass is 9.62. The van der Waals surface area contributed by atoms with Crippen molar-refractivity contribution in [2.45, 2.75) is 70.6 Å². The Morgan fingerprint density at radius 3 is 1.69 bits per heavy atom. The number of hydrogen-bond acceptors (Lipinski definition) is 2. The fraction of sp³-hybridized carbons (Fsp3) is 0.186. The maximum Gasteiger partial charge on any atom is 0.0476 e. The molecule has 11 rings (SSSR count). The van der Waals surface area contributed by atoms with Crippen LogP contribution in [0.5, 0.6) is 0 Å². The molecule has 1 aromatic heterocycles. The maximum atomic E-state index is 2.59. The minimum Gasteiger partial charge on any atom is -0.310 e. The first kappa shape index (κ1) is 37.8. The SMILES string of the molecule is CC1(C)CCC(C)(C)c2cc3c(cc21)-c1cccc(-c2ccc(-c4ccc(N(c5cccc(-c6ccccc6)c5)c5ccc6c(c5)sc5ccccc56)cc4)cc2)c1C3(C)C. The number of nitrogens with zero attached hydrogens (tertiary/aromatic N) is 1. The van der Waals surface area contributed by atoms with Gasteiger partial charge in [-0.15, -0.1) is 11.3 Å². The molecule has 0 aliphatic heterocycles. The summed E-state index contributed by atoms with van der Waals surface area (Å²) in [5, 5.41) is 2.63. The quantitative estimate of drug-likeness (QED) is 0.162. The van der Waals surface area contributed by atoms with E-state index in [1.807, 2.05) is 11.3 Å². The van der Waals surface area contributed by atoms with Crippen LogP contribution in [0.2, 0.25) is 0 Å². The third-order valence-corrected chi connectivity index (χ3v) is 15.3. The molecular formula is C59H51NS. The lowest BCUT2D eigenvalue weighted by molar-refractivity contribution is 0.331. The van der Waals surface area contributed by atoms with Gasteiger partial charge in [-0.3, -0.25) is 0 Å². The Bertz CT molecular complexity index is 3140. The molecule has 2 heteroatoms. The maximum absolute atomic E-state index is 2.59. The van der Waals surface area contributed by atoms with Crippen molar-refractivity contribution in [2.24, 2.45) is 0 Å². The van der Waals surface area contributed by atoms with Gasteiger partial charge in [-0.05, 0) is 139 Å². The Labute approximate surface area is 365 Å². The molecule has 0 spiro atoms. The summed E-state index contributed by atoms with van der Waals surface area (Å²) in [6.07, 6.45) is 2.45. The van der Waals surface area contributed by atoms with E-state index in [4.69, 9.17) is 0 Å². The average Bonchev–Trinajstić information content (AvgIpc) is 3.77. The van der Waals surface area contributed by atoms with Crippen LogP contribution >= 0.6 is 11.3 Å². The van der Waals surface area contributed by atoms with E-state index < -0.39 is 0 Å². The zero-order valence-electron chi connectivity index (χ0n) is 36.0. The van der Waals surface area contributed by atoms with Gasteiger partial charge in [-0.25, -0.2) is 0 Å². The van der Waals surface area contributed by atoms with Crippen LogP contribution in [0, 0.1) is 0 Å². The van der Waals surface area contributed by atoms with E-state index in [0.29, 0.717) is 0 Å². The number of anilines is 3. The Kier molecular flexibility index (Phi) is 8.61. The highest BCUT2D eigenvalue weighted by Crippen LogP contribution is 2.56. The van der Waals surface area contributed by atoms with E-state index in [2.05, 4.69) is 222 Å². The van der Waals surface area contributed by atoms with Crippen molar-refractivity contribution in [3.63, 3.8) is 0 Å². The third-order valence-electron chi connectivity index (χ3n) is 14.1. The summed E-state index contributed by atoms with van der Waals surface area (Å²) < 4.78 is 2.61. The Hall–Kier alpha value is -6.22. The van der Waals surface area contributed by atoms with Gasteiger partial charge in [0.05, 0.1) is 0 Å². The highest BCUT2D eigenvalue weighted by molar-refractivity contribution is 7.25. The predicted octanol–water partition coefficient (Wildman–Crippen LogP) is 17.2. The number of hydrogen-bond donors (Lipinski definition) is 0. The largest absolute Gasteiger partial charge is 0.310 e. The molecule has 0 radical (unpaired) electrons. The Balaban J connectivity index is 0.945. The molecule has 0 saturated heterocycles. The fourth-order valence-corrected chi connectivity index (χ4v) is 11.7. The normalized spacial score (nSPS) is 15.6. The van der Waals surface area contributed by atoms with E-state index in [1.165, 1.54) is 94.2 Å². The molecule has 0 saturated carbocycles. The second-order valence-electron chi connectivity index (χ2n) is 19.2. The van der Waals surface area contributed by atoms with Crippen molar-refractivity contribution in [1.82, 2.24) is 0 Å². The summed E-state index contributed by atoms with van der Waals surface area (Å²) in [6, 6.07) is 65.8. The first-order valence-electron chi connectivity index (χ1n) is 21.9. The summed E-state index contributed by atoms with van der Waals surface area (Å²) in [7, 11) is 0. The fourth-order valence-electron chi connectivity index (χ4n) is 10.6. The van der Waals surface area contributed by atoms with Gasteiger partial charge in [0.1, 0.15) is 0 Å². The highest BCUT2D eigenvalue weighted by Gasteiger charge is 2.43. The first-order chi connectivity index (χ1) is 29.5. The second-order valence-corrected chi connectivity index (χ2v) is 20.3. The predicted molar refractivity (Wildman–Crippen MR) is 263 cm³/mol. The number of thiophene rings is 1.